The molecule has 0 radical (unpaired) electrons. The minimum Gasteiger partial charge on any atom is -0.479 e. The molecule has 28 heavy (non-hydrogen) atoms. The predicted octanol–water partition coefficient (Wildman–Crippen LogP) is 3.65. The van der Waals surface area contributed by atoms with E-state index in [1.165, 1.54) is 4.90 Å². The number of rotatable bonds is 3. The van der Waals surface area contributed by atoms with Gasteiger partial charge in [0.05, 0.1) is 5.69 Å². The molecule has 2 aromatic carbocycles. The fraction of sp³-hybridized carbons (Fsp3) is 0.190. The lowest BCUT2D eigenvalue weighted by atomic mass is 10.1. The molecule has 1 aliphatic heterocycles. The topological polar surface area (TPSA) is 84.7 Å². The molecule has 1 aromatic heterocycles. The van der Waals surface area contributed by atoms with Crippen LogP contribution < -0.4 is 15.0 Å². The van der Waals surface area contributed by atoms with E-state index < -0.39 is 12.0 Å². The molecule has 0 saturated carbocycles. The second kappa shape index (κ2) is 6.84. The maximum absolute atomic E-state index is 12.5. The van der Waals surface area contributed by atoms with Crippen molar-refractivity contribution in [3.63, 3.8) is 0 Å². The molecule has 2 amide bonds. The summed E-state index contributed by atoms with van der Waals surface area (Å²) in [7, 11) is 1.68. The summed E-state index contributed by atoms with van der Waals surface area (Å²) in [4.78, 5) is 26.1. The summed E-state index contributed by atoms with van der Waals surface area (Å²) in [6.07, 6.45) is -0.534. The number of aryl methyl sites for hydroxylation is 1. The van der Waals surface area contributed by atoms with E-state index in [4.69, 9.17) is 9.26 Å². The van der Waals surface area contributed by atoms with E-state index in [1.807, 2.05) is 31.2 Å². The van der Waals surface area contributed by atoms with Gasteiger partial charge in [0.15, 0.2) is 17.6 Å². The Morgan fingerprint density at radius 3 is 2.64 bits per heavy atom. The standard InChI is InChI=1S/C21H19N3O4/c1-12-4-6-14(7-5-12)19-11-16(23-28-19)20(25)22-15-8-9-18-17(10-15)24(3)21(26)13(2)27-18/h4-11,13H,1-3H3,(H,22,25)/t13-/m0/s1. The van der Waals surface area contributed by atoms with Gasteiger partial charge in [-0.05, 0) is 32.0 Å². The predicted molar refractivity (Wildman–Crippen MR) is 105 cm³/mol. The van der Waals surface area contributed by atoms with Gasteiger partial charge in [-0.25, -0.2) is 0 Å². The number of ether oxygens (including phenoxy) is 1. The molecule has 0 fully saturated rings. The van der Waals surface area contributed by atoms with Gasteiger partial charge >= 0.3 is 0 Å². The van der Waals surface area contributed by atoms with Crippen molar-refractivity contribution in [3.05, 3.63) is 59.8 Å². The van der Waals surface area contributed by atoms with Crippen LogP contribution in [0.2, 0.25) is 0 Å². The van der Waals surface area contributed by atoms with Crippen molar-refractivity contribution >= 4 is 23.2 Å². The van der Waals surface area contributed by atoms with Crippen molar-refractivity contribution in [2.24, 2.45) is 0 Å². The summed E-state index contributed by atoms with van der Waals surface area (Å²) in [6.45, 7) is 3.70. The Kier molecular flexibility index (Phi) is 4.35. The highest BCUT2D eigenvalue weighted by Crippen LogP contribution is 2.35. The summed E-state index contributed by atoms with van der Waals surface area (Å²) >= 11 is 0. The molecule has 1 aliphatic rings. The fourth-order valence-corrected chi connectivity index (χ4v) is 3.02. The van der Waals surface area contributed by atoms with E-state index in [2.05, 4.69) is 10.5 Å². The molecule has 7 nitrogen and oxygen atoms in total. The Labute approximate surface area is 161 Å². The third kappa shape index (κ3) is 3.22. The zero-order valence-electron chi connectivity index (χ0n) is 15.7. The van der Waals surface area contributed by atoms with Crippen LogP contribution in [0.3, 0.4) is 0 Å². The van der Waals surface area contributed by atoms with Crippen molar-refractivity contribution in [1.82, 2.24) is 5.16 Å². The molecule has 0 spiro atoms. The summed E-state index contributed by atoms with van der Waals surface area (Å²) in [6, 6.07) is 14.5. The molecule has 3 aromatic rings. The number of likely N-dealkylation sites (N-methyl/N-ethyl adjacent to an activating group) is 1. The van der Waals surface area contributed by atoms with Crippen molar-refractivity contribution in [2.75, 3.05) is 17.3 Å². The molecule has 1 atom stereocenters. The van der Waals surface area contributed by atoms with Crippen LogP contribution in [0.5, 0.6) is 5.75 Å². The molecule has 0 unspecified atom stereocenters. The first kappa shape index (κ1) is 17.8. The van der Waals surface area contributed by atoms with E-state index >= 15 is 0 Å². The Bertz CT molecular complexity index is 1060. The van der Waals surface area contributed by atoms with Crippen LogP contribution in [0.15, 0.2) is 53.1 Å². The Hall–Kier alpha value is -3.61. The maximum Gasteiger partial charge on any atom is 0.277 e. The van der Waals surface area contributed by atoms with E-state index in [-0.39, 0.29) is 11.6 Å². The average Bonchev–Trinajstić information content (AvgIpc) is 3.18. The van der Waals surface area contributed by atoms with Gasteiger partial charge in [-0.3, -0.25) is 9.59 Å². The highest BCUT2D eigenvalue weighted by molar-refractivity contribution is 6.05. The van der Waals surface area contributed by atoms with E-state index in [1.54, 1.807) is 38.2 Å². The number of amides is 2. The molecule has 7 heteroatoms. The second-order valence-corrected chi connectivity index (χ2v) is 6.74. The summed E-state index contributed by atoms with van der Waals surface area (Å²) < 4.78 is 10.9. The summed E-state index contributed by atoms with van der Waals surface area (Å²) in [5.41, 5.74) is 3.28. The number of fused-ring (bicyclic) bond motifs is 1. The smallest absolute Gasteiger partial charge is 0.277 e. The first-order valence-electron chi connectivity index (χ1n) is 8.86. The van der Waals surface area contributed by atoms with Crippen LogP contribution in [0, 0.1) is 6.92 Å². The Morgan fingerprint density at radius 1 is 1.14 bits per heavy atom. The molecular formula is C21H19N3O4. The first-order valence-corrected chi connectivity index (χ1v) is 8.86. The van der Waals surface area contributed by atoms with Gasteiger partial charge in [-0.15, -0.1) is 0 Å². The number of nitrogens with one attached hydrogen (secondary N) is 1. The number of nitrogens with zero attached hydrogens (tertiary/aromatic N) is 2. The molecule has 4 rings (SSSR count). The number of hydrogen-bond acceptors (Lipinski definition) is 5. The normalized spacial score (nSPS) is 15.8. The fourth-order valence-electron chi connectivity index (χ4n) is 3.02. The van der Waals surface area contributed by atoms with Crippen LogP contribution >= 0.6 is 0 Å². The number of hydrogen-bond donors (Lipinski definition) is 1. The van der Waals surface area contributed by atoms with Crippen molar-refractivity contribution in [2.45, 2.75) is 20.0 Å². The number of carbonyl (C=O) groups is 2. The van der Waals surface area contributed by atoms with Gasteiger partial charge in [0.2, 0.25) is 0 Å². The van der Waals surface area contributed by atoms with Crippen molar-refractivity contribution in [1.29, 1.82) is 0 Å². The van der Waals surface area contributed by atoms with Crippen LogP contribution in [0.25, 0.3) is 11.3 Å². The summed E-state index contributed by atoms with van der Waals surface area (Å²) in [5.74, 6) is 0.565. The lowest BCUT2D eigenvalue weighted by Gasteiger charge is -2.30. The number of benzene rings is 2. The van der Waals surface area contributed by atoms with E-state index in [9.17, 15) is 9.59 Å². The minimum absolute atomic E-state index is 0.143. The molecule has 142 valence electrons. The van der Waals surface area contributed by atoms with E-state index in [0.29, 0.717) is 22.9 Å². The van der Waals surface area contributed by atoms with Gasteiger partial charge < -0.3 is 19.5 Å². The quantitative estimate of drug-likeness (QED) is 0.753. The largest absolute Gasteiger partial charge is 0.479 e. The van der Waals surface area contributed by atoms with Gasteiger partial charge in [-0.2, -0.15) is 0 Å². The summed E-state index contributed by atoms with van der Waals surface area (Å²) in [5, 5.41) is 6.63. The number of carbonyl (C=O) groups excluding carboxylic acids is 2. The zero-order chi connectivity index (χ0) is 19.8. The minimum atomic E-state index is -0.534. The molecular weight excluding hydrogens is 358 g/mol. The number of aromatic nitrogens is 1. The molecule has 0 aliphatic carbocycles. The zero-order valence-corrected chi connectivity index (χ0v) is 15.7. The van der Waals surface area contributed by atoms with Crippen LogP contribution in [-0.4, -0.2) is 30.1 Å². The lowest BCUT2D eigenvalue weighted by molar-refractivity contribution is -0.125. The van der Waals surface area contributed by atoms with Crippen LogP contribution in [0.4, 0.5) is 11.4 Å². The third-order valence-electron chi connectivity index (χ3n) is 4.64. The highest BCUT2D eigenvalue weighted by Gasteiger charge is 2.29. The first-order chi connectivity index (χ1) is 13.4. The monoisotopic (exact) mass is 377 g/mol. The SMILES string of the molecule is Cc1ccc(-c2cc(C(=O)Nc3ccc4c(c3)N(C)C(=O)[C@H](C)O4)no2)cc1. The third-order valence-corrected chi connectivity index (χ3v) is 4.64. The molecule has 2 heterocycles. The van der Waals surface area contributed by atoms with Crippen molar-refractivity contribution in [3.8, 4) is 17.1 Å². The number of anilines is 2. The van der Waals surface area contributed by atoms with Gasteiger partial charge in [0.25, 0.3) is 11.8 Å². The second-order valence-electron chi connectivity index (χ2n) is 6.74. The highest BCUT2D eigenvalue weighted by atomic mass is 16.5. The van der Waals surface area contributed by atoms with Gasteiger partial charge in [0, 0.05) is 24.4 Å². The maximum atomic E-state index is 12.5. The van der Waals surface area contributed by atoms with Crippen molar-refractivity contribution < 1.29 is 18.8 Å². The Morgan fingerprint density at radius 2 is 1.89 bits per heavy atom. The van der Waals surface area contributed by atoms with Crippen LogP contribution in [-0.2, 0) is 4.79 Å². The Balaban J connectivity index is 1.53. The van der Waals surface area contributed by atoms with Gasteiger partial charge in [-0.1, -0.05) is 35.0 Å². The lowest BCUT2D eigenvalue weighted by Crippen LogP contribution is -2.41. The van der Waals surface area contributed by atoms with E-state index in [0.717, 1.165) is 11.1 Å². The average molecular weight is 377 g/mol. The molecule has 0 bridgehead atoms. The van der Waals surface area contributed by atoms with Crippen LogP contribution in [0.1, 0.15) is 23.0 Å². The van der Waals surface area contributed by atoms with Gasteiger partial charge in [0.1, 0.15) is 5.75 Å². The molecule has 0 saturated heterocycles. The molecule has 1 N–H and O–H groups in total.